The van der Waals surface area contributed by atoms with E-state index in [0.717, 1.165) is 29.1 Å². The minimum Gasteiger partial charge on any atom is -0.484 e. The van der Waals surface area contributed by atoms with Crippen LogP contribution in [0.15, 0.2) is 18.2 Å². The quantitative estimate of drug-likeness (QED) is 0.775. The third-order valence-corrected chi connectivity index (χ3v) is 5.37. The number of aromatic nitrogens is 2. The molecule has 0 radical (unpaired) electrons. The minimum atomic E-state index is -0.275. The lowest BCUT2D eigenvalue weighted by Crippen LogP contribution is -2.21. The minimum absolute atomic E-state index is 0.0235. The summed E-state index contributed by atoms with van der Waals surface area (Å²) in [5, 5.41) is 15.2. The van der Waals surface area contributed by atoms with Gasteiger partial charge in [-0.05, 0) is 43.0 Å². The fraction of sp³-hybridized carbons (Fsp3) is 0.444. The Morgan fingerprint density at radius 2 is 2.12 bits per heavy atom. The Hall–Kier alpha value is -2.48. The van der Waals surface area contributed by atoms with Crippen LogP contribution in [-0.2, 0) is 16.0 Å². The number of hydrogen-bond donors (Lipinski definition) is 2. The third-order valence-electron chi connectivity index (χ3n) is 4.36. The van der Waals surface area contributed by atoms with Crippen molar-refractivity contribution in [2.45, 2.75) is 45.4 Å². The van der Waals surface area contributed by atoms with Crippen molar-refractivity contribution in [2.75, 3.05) is 17.2 Å². The molecule has 0 fully saturated rings. The number of anilines is 2. The largest absolute Gasteiger partial charge is 0.484 e. The first-order chi connectivity index (χ1) is 12.6. The molecule has 0 unspecified atom stereocenters. The number of carbonyl (C=O) groups is 2. The van der Waals surface area contributed by atoms with Crippen LogP contribution in [-0.4, -0.2) is 28.6 Å². The van der Waals surface area contributed by atoms with E-state index in [2.05, 4.69) is 34.7 Å². The Morgan fingerprint density at radius 1 is 1.31 bits per heavy atom. The van der Waals surface area contributed by atoms with E-state index in [1.807, 2.05) is 6.07 Å². The Labute approximate surface area is 156 Å². The van der Waals surface area contributed by atoms with Gasteiger partial charge in [-0.1, -0.05) is 25.2 Å². The summed E-state index contributed by atoms with van der Waals surface area (Å²) in [6.07, 6.45) is 3.14. The zero-order chi connectivity index (χ0) is 18.5. The van der Waals surface area contributed by atoms with Crippen LogP contribution in [0.1, 0.15) is 49.6 Å². The molecule has 2 amide bonds. The Bertz CT molecular complexity index is 801. The number of nitrogens with zero attached hydrogens (tertiary/aromatic N) is 2. The van der Waals surface area contributed by atoms with Crippen LogP contribution < -0.4 is 15.4 Å². The number of amides is 2. The van der Waals surface area contributed by atoms with Crippen molar-refractivity contribution in [2.24, 2.45) is 0 Å². The molecule has 0 bridgehead atoms. The second kappa shape index (κ2) is 8.27. The molecule has 0 spiro atoms. The van der Waals surface area contributed by atoms with Crippen LogP contribution in [0.25, 0.3) is 0 Å². The van der Waals surface area contributed by atoms with Crippen LogP contribution in [0.2, 0.25) is 0 Å². The first-order valence-electron chi connectivity index (χ1n) is 8.77. The summed E-state index contributed by atoms with van der Waals surface area (Å²) in [7, 11) is 0. The van der Waals surface area contributed by atoms with Gasteiger partial charge >= 0.3 is 0 Å². The first kappa shape index (κ1) is 18.3. The highest BCUT2D eigenvalue weighted by Gasteiger charge is 2.16. The number of hydrogen-bond acceptors (Lipinski definition) is 6. The molecule has 138 valence electrons. The molecule has 3 rings (SSSR count). The lowest BCUT2D eigenvalue weighted by Gasteiger charge is -2.17. The topological polar surface area (TPSA) is 93.2 Å². The molecule has 1 aliphatic rings. The molecule has 0 saturated heterocycles. The number of benzene rings is 1. The van der Waals surface area contributed by atoms with Gasteiger partial charge in [0.1, 0.15) is 10.8 Å². The molecule has 2 N–H and O–H groups in total. The number of rotatable bonds is 7. The van der Waals surface area contributed by atoms with Crippen molar-refractivity contribution >= 4 is 34.0 Å². The number of nitrogens with one attached hydrogen (secondary N) is 2. The van der Waals surface area contributed by atoms with Gasteiger partial charge in [0, 0.05) is 18.0 Å². The van der Waals surface area contributed by atoms with E-state index < -0.39 is 0 Å². The Morgan fingerprint density at radius 3 is 2.88 bits per heavy atom. The van der Waals surface area contributed by atoms with Gasteiger partial charge in [0.2, 0.25) is 11.0 Å². The highest BCUT2D eigenvalue weighted by Crippen LogP contribution is 2.28. The summed E-state index contributed by atoms with van der Waals surface area (Å²) in [6, 6.07) is 5.40. The number of ether oxygens (including phenoxy) is 1. The molecule has 2 aromatic rings. The van der Waals surface area contributed by atoms with Crippen LogP contribution in [0, 0.1) is 0 Å². The van der Waals surface area contributed by atoms with Crippen molar-refractivity contribution in [1.29, 1.82) is 0 Å². The zero-order valence-corrected chi connectivity index (χ0v) is 15.7. The smallest absolute Gasteiger partial charge is 0.264 e. The fourth-order valence-electron chi connectivity index (χ4n) is 2.84. The average Bonchev–Trinajstić information content (AvgIpc) is 3.09. The Balaban J connectivity index is 1.54. The lowest BCUT2D eigenvalue weighted by molar-refractivity contribution is -0.118. The second-order valence-corrected chi connectivity index (χ2v) is 7.17. The number of carbonyl (C=O) groups excluding carboxylic acids is 2. The molecule has 2 heterocycles. The predicted octanol–water partition coefficient (Wildman–Crippen LogP) is 3.34. The van der Waals surface area contributed by atoms with Crippen molar-refractivity contribution in [3.8, 4) is 5.75 Å². The third kappa shape index (κ3) is 4.37. The summed E-state index contributed by atoms with van der Waals surface area (Å²) in [4.78, 5) is 23.5. The fourth-order valence-corrected chi connectivity index (χ4v) is 3.87. The summed E-state index contributed by atoms with van der Waals surface area (Å²) in [6.45, 7) is 4.13. The normalized spacial score (nSPS) is 13.3. The maximum absolute atomic E-state index is 12.1. The molecule has 1 aromatic carbocycles. The van der Waals surface area contributed by atoms with Gasteiger partial charge in [-0.2, -0.15) is 0 Å². The molecular formula is C18H22N4O3S. The summed E-state index contributed by atoms with van der Waals surface area (Å²) in [5.74, 6) is 0.731. The average molecular weight is 374 g/mol. The van der Waals surface area contributed by atoms with E-state index in [4.69, 9.17) is 4.74 Å². The molecule has 8 heteroatoms. The molecule has 0 atom stereocenters. The van der Waals surface area contributed by atoms with Crippen LogP contribution in [0.5, 0.6) is 5.75 Å². The van der Waals surface area contributed by atoms with Gasteiger partial charge in [0.05, 0.1) is 0 Å². The monoisotopic (exact) mass is 374 g/mol. The van der Waals surface area contributed by atoms with Gasteiger partial charge in [-0.3, -0.25) is 14.9 Å². The SMILES string of the molecule is CCC(CC)c1nnc(NC(=O)COc2ccc3c(c2)CCC(=O)N3)s1. The van der Waals surface area contributed by atoms with Gasteiger partial charge in [-0.25, -0.2) is 0 Å². The van der Waals surface area contributed by atoms with E-state index >= 15 is 0 Å². The standard InChI is InChI=1S/C18H22N4O3S/c1-3-11(4-2)17-21-22-18(26-17)20-16(24)10-25-13-6-7-14-12(9-13)5-8-15(23)19-14/h6-7,9,11H,3-5,8,10H2,1-2H3,(H,19,23)(H,20,22,24). The summed E-state index contributed by atoms with van der Waals surface area (Å²) < 4.78 is 5.56. The highest BCUT2D eigenvalue weighted by atomic mass is 32.1. The molecule has 1 aromatic heterocycles. The second-order valence-electron chi connectivity index (χ2n) is 6.16. The van der Waals surface area contributed by atoms with Crippen LogP contribution >= 0.6 is 11.3 Å². The van der Waals surface area contributed by atoms with Crippen molar-refractivity contribution in [1.82, 2.24) is 10.2 Å². The molecule has 26 heavy (non-hydrogen) atoms. The molecule has 7 nitrogen and oxygen atoms in total. The lowest BCUT2D eigenvalue weighted by atomic mass is 10.0. The van der Waals surface area contributed by atoms with Crippen LogP contribution in [0.3, 0.4) is 0 Å². The predicted molar refractivity (Wildman–Crippen MR) is 101 cm³/mol. The van der Waals surface area contributed by atoms with Crippen molar-refractivity contribution < 1.29 is 14.3 Å². The van der Waals surface area contributed by atoms with E-state index in [1.54, 1.807) is 12.1 Å². The molecular weight excluding hydrogens is 352 g/mol. The van der Waals surface area contributed by atoms with E-state index in [-0.39, 0.29) is 18.4 Å². The van der Waals surface area contributed by atoms with Gasteiger partial charge < -0.3 is 10.1 Å². The maximum atomic E-state index is 12.1. The van der Waals surface area contributed by atoms with Gasteiger partial charge in [0.15, 0.2) is 6.61 Å². The van der Waals surface area contributed by atoms with Gasteiger partial charge in [0.25, 0.3) is 5.91 Å². The molecule has 0 aliphatic carbocycles. The van der Waals surface area contributed by atoms with E-state index in [9.17, 15) is 9.59 Å². The summed E-state index contributed by atoms with van der Waals surface area (Å²) in [5.41, 5.74) is 1.82. The number of fused-ring (bicyclic) bond motifs is 1. The highest BCUT2D eigenvalue weighted by molar-refractivity contribution is 7.15. The van der Waals surface area contributed by atoms with Crippen molar-refractivity contribution in [3.05, 3.63) is 28.8 Å². The number of aryl methyl sites for hydroxylation is 1. The van der Waals surface area contributed by atoms with Gasteiger partial charge in [-0.15, -0.1) is 10.2 Å². The Kier molecular flexibility index (Phi) is 5.82. The molecule has 1 aliphatic heterocycles. The molecule has 0 saturated carbocycles. The maximum Gasteiger partial charge on any atom is 0.264 e. The van der Waals surface area contributed by atoms with E-state index in [1.165, 1.54) is 11.3 Å². The van der Waals surface area contributed by atoms with Crippen molar-refractivity contribution in [3.63, 3.8) is 0 Å². The zero-order valence-electron chi connectivity index (χ0n) is 14.9. The first-order valence-corrected chi connectivity index (χ1v) is 9.59. The van der Waals surface area contributed by atoms with E-state index in [0.29, 0.717) is 29.6 Å². The summed E-state index contributed by atoms with van der Waals surface area (Å²) >= 11 is 1.41. The van der Waals surface area contributed by atoms with Crippen LogP contribution in [0.4, 0.5) is 10.8 Å².